The number of sulfonamides is 1. The highest BCUT2D eigenvalue weighted by molar-refractivity contribution is 9.10. The van der Waals surface area contributed by atoms with Gasteiger partial charge in [0, 0.05) is 28.8 Å². The van der Waals surface area contributed by atoms with Crippen LogP contribution in [-0.4, -0.2) is 33.2 Å². The maximum Gasteiger partial charge on any atom is 0.251 e. The fourth-order valence-electron chi connectivity index (χ4n) is 1.36. The van der Waals surface area contributed by atoms with Crippen molar-refractivity contribution in [3.05, 3.63) is 28.2 Å². The van der Waals surface area contributed by atoms with Gasteiger partial charge in [-0.3, -0.25) is 4.79 Å². The van der Waals surface area contributed by atoms with E-state index in [-0.39, 0.29) is 18.2 Å². The summed E-state index contributed by atoms with van der Waals surface area (Å²) in [5.41, 5.74) is 6.57. The summed E-state index contributed by atoms with van der Waals surface area (Å²) in [6.45, 7) is 2.08. The molecular formula is C11H16BrN3O3S. The van der Waals surface area contributed by atoms with Crippen molar-refractivity contribution in [3.63, 3.8) is 0 Å². The lowest BCUT2D eigenvalue weighted by atomic mass is 10.2. The van der Waals surface area contributed by atoms with Crippen LogP contribution < -0.4 is 15.8 Å². The Morgan fingerprint density at radius 2 is 2.11 bits per heavy atom. The number of halogens is 1. The van der Waals surface area contributed by atoms with Crippen molar-refractivity contribution < 1.29 is 13.2 Å². The lowest BCUT2D eigenvalue weighted by Crippen LogP contribution is -2.34. The Morgan fingerprint density at radius 1 is 1.42 bits per heavy atom. The standard InChI is InChI=1S/C11H16BrN3O3S/c1-2-15-19(17,18)6-5-14-11(16)8-3-4-10(13)9(12)7-8/h3-4,7,15H,2,5-6,13H2,1H3,(H,14,16). The van der Waals surface area contributed by atoms with E-state index in [9.17, 15) is 13.2 Å². The van der Waals surface area contributed by atoms with Crippen LogP contribution in [0.15, 0.2) is 22.7 Å². The van der Waals surface area contributed by atoms with Gasteiger partial charge in [0.2, 0.25) is 10.0 Å². The van der Waals surface area contributed by atoms with Gasteiger partial charge in [0.05, 0.1) is 5.75 Å². The van der Waals surface area contributed by atoms with Crippen molar-refractivity contribution in [2.24, 2.45) is 0 Å². The predicted molar refractivity (Wildman–Crippen MR) is 78.4 cm³/mol. The highest BCUT2D eigenvalue weighted by atomic mass is 79.9. The molecule has 0 aliphatic carbocycles. The van der Waals surface area contributed by atoms with E-state index in [1.54, 1.807) is 25.1 Å². The number of nitrogens with one attached hydrogen (secondary N) is 2. The Labute approximate surface area is 120 Å². The molecule has 0 heterocycles. The summed E-state index contributed by atoms with van der Waals surface area (Å²) in [4.78, 5) is 11.8. The molecule has 1 aromatic carbocycles. The molecule has 1 amide bonds. The zero-order chi connectivity index (χ0) is 14.5. The Hall–Kier alpha value is -1.12. The molecule has 19 heavy (non-hydrogen) atoms. The van der Waals surface area contributed by atoms with Gasteiger partial charge in [0.15, 0.2) is 0 Å². The minimum Gasteiger partial charge on any atom is -0.398 e. The number of anilines is 1. The molecule has 0 fully saturated rings. The van der Waals surface area contributed by atoms with E-state index in [0.717, 1.165) is 0 Å². The zero-order valence-electron chi connectivity index (χ0n) is 10.4. The van der Waals surface area contributed by atoms with Crippen LogP contribution >= 0.6 is 15.9 Å². The average Bonchev–Trinajstić information content (AvgIpc) is 2.32. The summed E-state index contributed by atoms with van der Waals surface area (Å²) in [5, 5.41) is 2.54. The van der Waals surface area contributed by atoms with Crippen LogP contribution in [0.4, 0.5) is 5.69 Å². The molecule has 106 valence electrons. The largest absolute Gasteiger partial charge is 0.398 e. The third kappa shape index (κ3) is 5.17. The zero-order valence-corrected chi connectivity index (χ0v) is 12.8. The summed E-state index contributed by atoms with van der Waals surface area (Å²) < 4.78 is 25.7. The maximum atomic E-state index is 11.8. The lowest BCUT2D eigenvalue weighted by Gasteiger charge is -2.07. The van der Waals surface area contributed by atoms with Crippen LogP contribution in [0.1, 0.15) is 17.3 Å². The molecule has 0 unspecified atom stereocenters. The van der Waals surface area contributed by atoms with E-state index < -0.39 is 10.0 Å². The van der Waals surface area contributed by atoms with E-state index >= 15 is 0 Å². The first-order chi connectivity index (χ1) is 8.85. The molecule has 1 rings (SSSR count). The molecule has 6 nitrogen and oxygen atoms in total. The molecular weight excluding hydrogens is 334 g/mol. The second kappa shape index (κ2) is 6.88. The Morgan fingerprint density at radius 3 is 2.68 bits per heavy atom. The molecule has 0 atom stereocenters. The van der Waals surface area contributed by atoms with Crippen LogP contribution in [0.5, 0.6) is 0 Å². The second-order valence-corrected chi connectivity index (χ2v) is 6.59. The van der Waals surface area contributed by atoms with Crippen molar-refractivity contribution in [1.82, 2.24) is 10.0 Å². The first kappa shape index (κ1) is 15.9. The van der Waals surface area contributed by atoms with E-state index in [4.69, 9.17) is 5.73 Å². The minimum absolute atomic E-state index is 0.0517. The molecule has 0 aliphatic rings. The fraction of sp³-hybridized carbons (Fsp3) is 0.364. The molecule has 0 saturated carbocycles. The molecule has 0 aliphatic heterocycles. The normalized spacial score (nSPS) is 11.3. The summed E-state index contributed by atoms with van der Waals surface area (Å²) in [7, 11) is -3.32. The Kier molecular flexibility index (Phi) is 5.77. The van der Waals surface area contributed by atoms with Crippen molar-refractivity contribution in [1.29, 1.82) is 0 Å². The third-order valence-corrected chi connectivity index (χ3v) is 4.44. The number of nitrogen functional groups attached to an aromatic ring is 1. The van der Waals surface area contributed by atoms with E-state index in [2.05, 4.69) is 26.0 Å². The van der Waals surface area contributed by atoms with Crippen LogP contribution in [0.25, 0.3) is 0 Å². The number of carbonyl (C=O) groups is 1. The molecule has 1 aromatic rings. The molecule has 4 N–H and O–H groups in total. The highest BCUT2D eigenvalue weighted by Gasteiger charge is 2.11. The van der Waals surface area contributed by atoms with Crippen molar-refractivity contribution >= 4 is 37.5 Å². The number of hydrogen-bond acceptors (Lipinski definition) is 4. The summed E-state index contributed by atoms with van der Waals surface area (Å²) in [6, 6.07) is 4.77. The van der Waals surface area contributed by atoms with Gasteiger partial charge < -0.3 is 11.1 Å². The molecule has 0 bridgehead atoms. The van der Waals surface area contributed by atoms with Gasteiger partial charge in [0.1, 0.15) is 0 Å². The van der Waals surface area contributed by atoms with Crippen LogP contribution in [0.2, 0.25) is 0 Å². The number of carbonyl (C=O) groups excluding carboxylic acids is 1. The highest BCUT2D eigenvalue weighted by Crippen LogP contribution is 2.20. The fourth-order valence-corrected chi connectivity index (χ4v) is 2.70. The predicted octanol–water partition coefficient (Wildman–Crippen LogP) is 0.700. The van der Waals surface area contributed by atoms with Crippen LogP contribution in [-0.2, 0) is 10.0 Å². The Balaban J connectivity index is 2.54. The van der Waals surface area contributed by atoms with Gasteiger partial charge in [0.25, 0.3) is 5.91 Å². The number of benzene rings is 1. The smallest absolute Gasteiger partial charge is 0.251 e. The van der Waals surface area contributed by atoms with Gasteiger partial charge in [-0.1, -0.05) is 6.92 Å². The SMILES string of the molecule is CCNS(=O)(=O)CCNC(=O)c1ccc(N)c(Br)c1. The molecule has 0 aromatic heterocycles. The molecule has 0 radical (unpaired) electrons. The summed E-state index contributed by atoms with van der Waals surface area (Å²) >= 11 is 3.22. The van der Waals surface area contributed by atoms with Gasteiger partial charge in [-0.05, 0) is 34.1 Å². The summed E-state index contributed by atoms with van der Waals surface area (Å²) in [5.74, 6) is -0.490. The minimum atomic E-state index is -3.32. The Bertz CT molecular complexity index is 560. The number of amides is 1. The third-order valence-electron chi connectivity index (χ3n) is 2.28. The first-order valence-corrected chi connectivity index (χ1v) is 8.11. The van der Waals surface area contributed by atoms with E-state index in [0.29, 0.717) is 22.3 Å². The lowest BCUT2D eigenvalue weighted by molar-refractivity contribution is 0.0956. The van der Waals surface area contributed by atoms with Gasteiger partial charge in [-0.2, -0.15) is 0 Å². The van der Waals surface area contributed by atoms with E-state index in [1.807, 2.05) is 0 Å². The quantitative estimate of drug-likeness (QED) is 0.658. The van der Waals surface area contributed by atoms with Crippen LogP contribution in [0, 0.1) is 0 Å². The summed E-state index contributed by atoms with van der Waals surface area (Å²) in [6.07, 6.45) is 0. The van der Waals surface area contributed by atoms with Crippen molar-refractivity contribution in [2.75, 3.05) is 24.6 Å². The van der Waals surface area contributed by atoms with Gasteiger partial charge >= 0.3 is 0 Å². The van der Waals surface area contributed by atoms with Crippen molar-refractivity contribution in [3.8, 4) is 0 Å². The number of hydrogen-bond donors (Lipinski definition) is 3. The van der Waals surface area contributed by atoms with Gasteiger partial charge in [-0.15, -0.1) is 0 Å². The monoisotopic (exact) mass is 349 g/mol. The van der Waals surface area contributed by atoms with E-state index in [1.165, 1.54) is 0 Å². The van der Waals surface area contributed by atoms with Gasteiger partial charge in [-0.25, -0.2) is 13.1 Å². The average molecular weight is 350 g/mol. The molecule has 8 heteroatoms. The maximum absolute atomic E-state index is 11.8. The van der Waals surface area contributed by atoms with Crippen molar-refractivity contribution in [2.45, 2.75) is 6.92 Å². The second-order valence-electron chi connectivity index (χ2n) is 3.81. The first-order valence-electron chi connectivity index (χ1n) is 5.66. The number of rotatable bonds is 6. The topological polar surface area (TPSA) is 101 Å². The molecule has 0 saturated heterocycles. The van der Waals surface area contributed by atoms with Crippen LogP contribution in [0.3, 0.4) is 0 Å². The molecule has 0 spiro atoms. The number of nitrogens with two attached hydrogens (primary N) is 1.